The zero-order chi connectivity index (χ0) is 17.2. The van der Waals surface area contributed by atoms with Crippen LogP contribution in [0.15, 0.2) is 18.2 Å². The van der Waals surface area contributed by atoms with E-state index in [-0.39, 0.29) is 17.3 Å². The summed E-state index contributed by atoms with van der Waals surface area (Å²) in [6.07, 6.45) is -5.78. The first-order valence-corrected chi connectivity index (χ1v) is 6.76. The van der Waals surface area contributed by atoms with Gasteiger partial charge in [0.1, 0.15) is 5.69 Å². The number of carbonyl (C=O) groups is 1. The molecule has 126 valence electrons. The minimum atomic E-state index is -4.83. The number of benzene rings is 1. The fourth-order valence-corrected chi connectivity index (χ4v) is 1.79. The van der Waals surface area contributed by atoms with Crippen molar-refractivity contribution in [1.82, 2.24) is 5.32 Å². The van der Waals surface area contributed by atoms with E-state index >= 15 is 0 Å². The second kappa shape index (κ2) is 6.41. The van der Waals surface area contributed by atoms with Crippen LogP contribution in [0.2, 0.25) is 0 Å². The smallest absolute Gasteiger partial charge is 0.382 e. The Kier molecular flexibility index (Phi) is 4.73. The number of nitrogens with one attached hydrogen (secondary N) is 2. The van der Waals surface area contributed by atoms with Gasteiger partial charge in [-0.05, 0) is 25.0 Å². The van der Waals surface area contributed by atoms with Crippen LogP contribution >= 0.6 is 0 Å². The number of amides is 1. The van der Waals surface area contributed by atoms with E-state index in [1.54, 1.807) is 0 Å². The molecule has 0 radical (unpaired) electrons. The van der Waals surface area contributed by atoms with Gasteiger partial charge < -0.3 is 15.7 Å². The SMILES string of the molecule is O=C(NC1CC1)c1ccc(NC[C@@H](O)C(F)(F)F)c([N+](=O)[O-])c1. The Morgan fingerprint density at radius 3 is 2.61 bits per heavy atom. The van der Waals surface area contributed by atoms with Crippen LogP contribution in [0.4, 0.5) is 24.5 Å². The predicted octanol–water partition coefficient (Wildman–Crippen LogP) is 1.82. The van der Waals surface area contributed by atoms with Gasteiger partial charge in [0.15, 0.2) is 6.10 Å². The Labute approximate surface area is 128 Å². The summed E-state index contributed by atoms with van der Waals surface area (Å²) < 4.78 is 36.7. The summed E-state index contributed by atoms with van der Waals surface area (Å²) in [7, 11) is 0. The maximum absolute atomic E-state index is 12.2. The Morgan fingerprint density at radius 1 is 1.43 bits per heavy atom. The minimum absolute atomic E-state index is 0.0468. The summed E-state index contributed by atoms with van der Waals surface area (Å²) in [5.74, 6) is -0.475. The summed E-state index contributed by atoms with van der Waals surface area (Å²) >= 11 is 0. The summed E-state index contributed by atoms with van der Waals surface area (Å²) in [6.45, 7) is -0.933. The molecule has 1 aromatic rings. The molecular weight excluding hydrogens is 319 g/mol. The van der Waals surface area contributed by atoms with E-state index < -0.39 is 35.3 Å². The molecule has 1 atom stereocenters. The number of carbonyl (C=O) groups excluding carboxylic acids is 1. The molecule has 0 unspecified atom stereocenters. The van der Waals surface area contributed by atoms with Crippen molar-refractivity contribution in [2.24, 2.45) is 0 Å². The summed E-state index contributed by atoms with van der Waals surface area (Å²) in [5, 5.41) is 24.8. The third-order valence-corrected chi connectivity index (χ3v) is 3.23. The van der Waals surface area contributed by atoms with Crippen LogP contribution in [0.5, 0.6) is 0 Å². The lowest BCUT2D eigenvalue weighted by Crippen LogP contribution is -2.35. The highest BCUT2D eigenvalue weighted by molar-refractivity contribution is 5.96. The average Bonchev–Trinajstić information content (AvgIpc) is 3.27. The molecule has 1 saturated carbocycles. The van der Waals surface area contributed by atoms with Crippen molar-refractivity contribution < 1.29 is 28.0 Å². The van der Waals surface area contributed by atoms with Crippen molar-refractivity contribution in [2.45, 2.75) is 31.2 Å². The van der Waals surface area contributed by atoms with Crippen LogP contribution in [0.25, 0.3) is 0 Å². The largest absolute Gasteiger partial charge is 0.416 e. The Morgan fingerprint density at radius 2 is 2.09 bits per heavy atom. The lowest BCUT2D eigenvalue weighted by atomic mass is 10.1. The molecule has 0 bridgehead atoms. The number of halogens is 3. The van der Waals surface area contributed by atoms with E-state index in [1.807, 2.05) is 0 Å². The van der Waals surface area contributed by atoms with E-state index in [4.69, 9.17) is 5.11 Å². The fraction of sp³-hybridized carbons (Fsp3) is 0.462. The van der Waals surface area contributed by atoms with Crippen molar-refractivity contribution in [3.63, 3.8) is 0 Å². The van der Waals surface area contributed by atoms with Gasteiger partial charge in [0.2, 0.25) is 0 Å². The molecule has 2 rings (SSSR count). The molecule has 23 heavy (non-hydrogen) atoms. The van der Waals surface area contributed by atoms with Gasteiger partial charge in [-0.15, -0.1) is 0 Å². The number of anilines is 1. The van der Waals surface area contributed by atoms with Crippen LogP contribution in [0.1, 0.15) is 23.2 Å². The Balaban J connectivity index is 2.12. The molecule has 1 aliphatic rings. The molecule has 0 aromatic heterocycles. The first-order valence-electron chi connectivity index (χ1n) is 6.76. The zero-order valence-corrected chi connectivity index (χ0v) is 11.8. The van der Waals surface area contributed by atoms with Crippen molar-refractivity contribution in [3.05, 3.63) is 33.9 Å². The number of rotatable bonds is 6. The highest BCUT2D eigenvalue weighted by Gasteiger charge is 2.38. The Hall–Kier alpha value is -2.36. The normalized spacial score (nSPS) is 15.8. The van der Waals surface area contributed by atoms with Gasteiger partial charge in [-0.25, -0.2) is 0 Å². The summed E-state index contributed by atoms with van der Waals surface area (Å²) in [4.78, 5) is 22.0. The van der Waals surface area contributed by atoms with Crippen LogP contribution in [-0.4, -0.2) is 40.8 Å². The molecule has 1 amide bonds. The molecule has 0 aliphatic heterocycles. The second-order valence-electron chi connectivity index (χ2n) is 5.18. The lowest BCUT2D eigenvalue weighted by Gasteiger charge is -2.16. The number of hydrogen-bond acceptors (Lipinski definition) is 5. The van der Waals surface area contributed by atoms with Crippen molar-refractivity contribution in [2.75, 3.05) is 11.9 Å². The van der Waals surface area contributed by atoms with E-state index in [2.05, 4.69) is 10.6 Å². The van der Waals surface area contributed by atoms with E-state index in [0.717, 1.165) is 25.0 Å². The number of nitro groups is 1. The summed E-state index contributed by atoms with van der Waals surface area (Å²) in [5.41, 5.74) is -0.699. The van der Waals surface area contributed by atoms with Gasteiger partial charge in [-0.2, -0.15) is 13.2 Å². The maximum Gasteiger partial charge on any atom is 0.416 e. The molecule has 1 aliphatic carbocycles. The standard InChI is InChI=1S/C13H14F3N3O4/c14-13(15,16)11(20)6-17-9-4-1-7(5-10(9)19(22)23)12(21)18-8-2-3-8/h1,4-5,8,11,17,20H,2-3,6H2,(H,18,21)/t11-/m1/s1. The van der Waals surface area contributed by atoms with Crippen LogP contribution in [-0.2, 0) is 0 Å². The van der Waals surface area contributed by atoms with Gasteiger partial charge in [0.25, 0.3) is 11.6 Å². The maximum atomic E-state index is 12.2. The van der Waals surface area contributed by atoms with Crippen molar-refractivity contribution >= 4 is 17.3 Å². The van der Waals surface area contributed by atoms with E-state index in [1.165, 1.54) is 6.07 Å². The molecule has 0 heterocycles. The van der Waals surface area contributed by atoms with Crippen molar-refractivity contribution in [1.29, 1.82) is 0 Å². The van der Waals surface area contributed by atoms with Gasteiger partial charge >= 0.3 is 6.18 Å². The fourth-order valence-electron chi connectivity index (χ4n) is 1.79. The first-order chi connectivity index (χ1) is 10.7. The molecule has 3 N–H and O–H groups in total. The lowest BCUT2D eigenvalue weighted by molar-refractivity contribution is -0.384. The van der Waals surface area contributed by atoms with Crippen molar-refractivity contribution in [3.8, 4) is 0 Å². The van der Waals surface area contributed by atoms with E-state index in [9.17, 15) is 28.1 Å². The number of aliphatic hydroxyl groups excluding tert-OH is 1. The highest BCUT2D eigenvalue weighted by Crippen LogP contribution is 2.28. The molecule has 0 saturated heterocycles. The third-order valence-electron chi connectivity index (χ3n) is 3.23. The van der Waals surface area contributed by atoms with Gasteiger partial charge in [-0.3, -0.25) is 14.9 Å². The zero-order valence-electron chi connectivity index (χ0n) is 11.8. The number of hydrogen-bond donors (Lipinski definition) is 3. The molecule has 10 heteroatoms. The second-order valence-corrected chi connectivity index (χ2v) is 5.18. The predicted molar refractivity (Wildman–Crippen MR) is 74.1 cm³/mol. The quantitative estimate of drug-likeness (QED) is 0.544. The molecule has 0 spiro atoms. The topological polar surface area (TPSA) is 104 Å². The number of alkyl halides is 3. The molecule has 1 aromatic carbocycles. The monoisotopic (exact) mass is 333 g/mol. The minimum Gasteiger partial charge on any atom is -0.382 e. The first kappa shape index (κ1) is 17.0. The van der Waals surface area contributed by atoms with Crippen LogP contribution < -0.4 is 10.6 Å². The van der Waals surface area contributed by atoms with Gasteiger partial charge in [-0.1, -0.05) is 0 Å². The number of aliphatic hydroxyl groups is 1. The number of nitrogens with zero attached hydrogens (tertiary/aromatic N) is 1. The van der Waals surface area contributed by atoms with Gasteiger partial charge in [0, 0.05) is 24.2 Å². The van der Waals surface area contributed by atoms with Gasteiger partial charge in [0.05, 0.1) is 4.92 Å². The van der Waals surface area contributed by atoms with Crippen LogP contribution in [0.3, 0.4) is 0 Å². The number of nitro benzene ring substituents is 1. The average molecular weight is 333 g/mol. The molecule has 7 nitrogen and oxygen atoms in total. The Bertz CT molecular complexity index is 617. The third kappa shape index (κ3) is 4.55. The van der Waals surface area contributed by atoms with Crippen LogP contribution in [0, 0.1) is 10.1 Å². The molecular formula is C13H14F3N3O4. The van der Waals surface area contributed by atoms with E-state index in [0.29, 0.717) is 0 Å². The highest BCUT2D eigenvalue weighted by atomic mass is 19.4. The molecule has 1 fully saturated rings. The summed E-state index contributed by atoms with van der Waals surface area (Å²) in [6, 6.07) is 3.47.